The lowest BCUT2D eigenvalue weighted by molar-refractivity contribution is 0.340. The molecule has 0 atom stereocenters. The van der Waals surface area contributed by atoms with Crippen LogP contribution in [0.3, 0.4) is 0 Å². The first-order valence-electron chi connectivity index (χ1n) is 7.68. The molecule has 0 saturated heterocycles. The average Bonchev–Trinajstić information content (AvgIpc) is 2.47. The van der Waals surface area contributed by atoms with Crippen LogP contribution in [0.15, 0.2) is 42.5 Å². The quantitative estimate of drug-likeness (QED) is 0.852. The van der Waals surface area contributed by atoms with Gasteiger partial charge in [-0.25, -0.2) is 0 Å². The number of benzene rings is 2. The zero-order valence-electron chi connectivity index (χ0n) is 13.2. The van der Waals surface area contributed by atoms with Crippen molar-refractivity contribution in [3.63, 3.8) is 0 Å². The molecule has 2 aromatic rings. The van der Waals surface area contributed by atoms with Gasteiger partial charge >= 0.3 is 0 Å². The zero-order valence-corrected chi connectivity index (χ0v) is 13.2. The first-order chi connectivity index (χ1) is 10.1. The van der Waals surface area contributed by atoms with Crippen LogP contribution in [0.25, 0.3) is 11.1 Å². The maximum atomic E-state index is 5.79. The topological polar surface area (TPSA) is 35.2 Å². The van der Waals surface area contributed by atoms with Crippen LogP contribution in [0, 0.1) is 5.92 Å². The highest BCUT2D eigenvalue weighted by molar-refractivity contribution is 5.66. The summed E-state index contributed by atoms with van der Waals surface area (Å²) in [6.45, 7) is 7.68. The molecule has 0 amide bonds. The maximum Gasteiger partial charge on any atom is 0.120 e. The van der Waals surface area contributed by atoms with Crippen LogP contribution in [0.1, 0.15) is 31.9 Å². The van der Waals surface area contributed by atoms with Crippen molar-refractivity contribution in [1.82, 2.24) is 0 Å². The molecule has 2 heteroatoms. The minimum absolute atomic E-state index is 0.527. The summed E-state index contributed by atoms with van der Waals surface area (Å²) in [5.41, 5.74) is 10.6. The number of ether oxygens (including phenoxy) is 1. The molecule has 2 nitrogen and oxygen atoms in total. The zero-order chi connectivity index (χ0) is 15.2. The van der Waals surface area contributed by atoms with E-state index in [2.05, 4.69) is 50.2 Å². The van der Waals surface area contributed by atoms with Gasteiger partial charge in [-0.2, -0.15) is 0 Å². The summed E-state index contributed by atoms with van der Waals surface area (Å²) >= 11 is 0. The van der Waals surface area contributed by atoms with E-state index in [0.717, 1.165) is 23.3 Å². The third kappa shape index (κ3) is 4.33. The fraction of sp³-hybridized carbons (Fsp3) is 0.368. The van der Waals surface area contributed by atoms with Gasteiger partial charge in [-0.3, -0.25) is 0 Å². The van der Waals surface area contributed by atoms with Crippen molar-refractivity contribution in [1.29, 1.82) is 0 Å². The molecule has 0 aliphatic heterocycles. The highest BCUT2D eigenvalue weighted by atomic mass is 16.5. The molecule has 0 saturated carbocycles. The van der Waals surface area contributed by atoms with Crippen molar-refractivity contribution in [2.24, 2.45) is 11.7 Å². The molecule has 0 bridgehead atoms. The van der Waals surface area contributed by atoms with E-state index in [0.29, 0.717) is 19.1 Å². The molecular weight excluding hydrogens is 258 g/mol. The van der Waals surface area contributed by atoms with Crippen LogP contribution in [0.5, 0.6) is 5.75 Å². The van der Waals surface area contributed by atoms with E-state index in [4.69, 9.17) is 10.5 Å². The minimum Gasteiger partial charge on any atom is -0.494 e. The van der Waals surface area contributed by atoms with Crippen molar-refractivity contribution >= 4 is 0 Å². The molecule has 0 unspecified atom stereocenters. The first kappa shape index (κ1) is 15.6. The Morgan fingerprint density at radius 3 is 2.24 bits per heavy atom. The molecule has 0 radical (unpaired) electrons. The maximum absolute atomic E-state index is 5.79. The minimum atomic E-state index is 0.527. The van der Waals surface area contributed by atoms with Crippen LogP contribution in [-0.2, 0) is 13.0 Å². The summed E-state index contributed by atoms with van der Waals surface area (Å²) in [7, 11) is 0. The Hall–Kier alpha value is -1.80. The van der Waals surface area contributed by atoms with Gasteiger partial charge in [-0.1, -0.05) is 38.1 Å². The Morgan fingerprint density at radius 2 is 1.67 bits per heavy atom. The normalized spacial score (nSPS) is 10.9. The van der Waals surface area contributed by atoms with Crippen molar-refractivity contribution in [2.75, 3.05) is 6.61 Å². The predicted molar refractivity (Wildman–Crippen MR) is 89.5 cm³/mol. The molecule has 0 aromatic heterocycles. The molecule has 2 N–H and O–H groups in total. The molecule has 112 valence electrons. The van der Waals surface area contributed by atoms with Gasteiger partial charge in [-0.15, -0.1) is 0 Å². The molecule has 21 heavy (non-hydrogen) atoms. The fourth-order valence-corrected chi connectivity index (χ4v) is 2.50. The van der Waals surface area contributed by atoms with Crippen molar-refractivity contribution in [2.45, 2.75) is 33.7 Å². The summed E-state index contributed by atoms with van der Waals surface area (Å²) in [6, 6.07) is 15.0. The molecular formula is C19H25NO. The highest BCUT2D eigenvalue weighted by Gasteiger charge is 2.05. The lowest BCUT2D eigenvalue weighted by Gasteiger charge is -2.11. The van der Waals surface area contributed by atoms with E-state index in [9.17, 15) is 0 Å². The van der Waals surface area contributed by atoms with Crippen molar-refractivity contribution < 1.29 is 4.74 Å². The average molecular weight is 283 g/mol. The van der Waals surface area contributed by atoms with Crippen molar-refractivity contribution in [3.05, 3.63) is 53.6 Å². The second kappa shape index (κ2) is 7.28. The fourth-order valence-electron chi connectivity index (χ4n) is 2.50. The number of hydrogen-bond acceptors (Lipinski definition) is 2. The molecule has 0 fully saturated rings. The standard InChI is InChI=1S/C19H25NO/c1-4-21-19-11-16(13-20)10-18(12-19)17-7-5-15(6-8-17)9-14(2)3/h5-8,10-12,14H,4,9,13,20H2,1-3H3. The van der Waals surface area contributed by atoms with E-state index in [1.54, 1.807) is 0 Å². The molecule has 0 spiro atoms. The van der Waals surface area contributed by atoms with Crippen LogP contribution < -0.4 is 10.5 Å². The SMILES string of the molecule is CCOc1cc(CN)cc(-c2ccc(CC(C)C)cc2)c1. The van der Waals surface area contributed by atoms with Gasteiger partial charge in [0.15, 0.2) is 0 Å². The van der Waals surface area contributed by atoms with E-state index in [-0.39, 0.29) is 0 Å². The first-order valence-corrected chi connectivity index (χ1v) is 7.68. The number of nitrogens with two attached hydrogens (primary N) is 1. The summed E-state index contributed by atoms with van der Waals surface area (Å²) in [5, 5.41) is 0. The van der Waals surface area contributed by atoms with Gasteiger partial charge in [0.1, 0.15) is 5.75 Å². The molecule has 2 rings (SSSR count). The van der Waals surface area contributed by atoms with E-state index >= 15 is 0 Å². The van der Waals surface area contributed by atoms with Crippen LogP contribution in [0.4, 0.5) is 0 Å². The summed E-state index contributed by atoms with van der Waals surface area (Å²) in [5.74, 6) is 1.57. The van der Waals surface area contributed by atoms with E-state index < -0.39 is 0 Å². The van der Waals surface area contributed by atoms with Gasteiger partial charge in [0.25, 0.3) is 0 Å². The summed E-state index contributed by atoms with van der Waals surface area (Å²) < 4.78 is 5.63. The Balaban J connectivity index is 2.29. The Kier molecular flexibility index (Phi) is 5.40. The van der Waals surface area contributed by atoms with E-state index in [1.165, 1.54) is 11.1 Å². The van der Waals surface area contributed by atoms with E-state index in [1.807, 2.05) is 13.0 Å². The highest BCUT2D eigenvalue weighted by Crippen LogP contribution is 2.27. The van der Waals surface area contributed by atoms with Gasteiger partial charge in [0, 0.05) is 6.54 Å². The largest absolute Gasteiger partial charge is 0.494 e. The van der Waals surface area contributed by atoms with Crippen LogP contribution in [-0.4, -0.2) is 6.61 Å². The van der Waals surface area contributed by atoms with Gasteiger partial charge in [-0.05, 0) is 59.7 Å². The summed E-state index contributed by atoms with van der Waals surface area (Å²) in [4.78, 5) is 0. The second-order valence-corrected chi connectivity index (χ2v) is 5.80. The Morgan fingerprint density at radius 1 is 0.952 bits per heavy atom. The lowest BCUT2D eigenvalue weighted by Crippen LogP contribution is -1.99. The molecule has 0 heterocycles. The lowest BCUT2D eigenvalue weighted by atomic mass is 9.98. The van der Waals surface area contributed by atoms with Gasteiger partial charge in [0.2, 0.25) is 0 Å². The second-order valence-electron chi connectivity index (χ2n) is 5.80. The third-order valence-electron chi connectivity index (χ3n) is 3.44. The predicted octanol–water partition coefficient (Wildman–Crippen LogP) is 4.41. The number of rotatable bonds is 6. The third-order valence-corrected chi connectivity index (χ3v) is 3.44. The van der Waals surface area contributed by atoms with Gasteiger partial charge < -0.3 is 10.5 Å². The monoisotopic (exact) mass is 283 g/mol. The van der Waals surface area contributed by atoms with Crippen LogP contribution >= 0.6 is 0 Å². The molecule has 0 aliphatic rings. The molecule has 2 aromatic carbocycles. The number of hydrogen-bond donors (Lipinski definition) is 1. The Labute approximate surface area is 127 Å². The van der Waals surface area contributed by atoms with Gasteiger partial charge in [0.05, 0.1) is 6.61 Å². The van der Waals surface area contributed by atoms with Crippen LogP contribution in [0.2, 0.25) is 0 Å². The molecule has 0 aliphatic carbocycles. The summed E-state index contributed by atoms with van der Waals surface area (Å²) in [6.07, 6.45) is 1.12. The Bertz CT molecular complexity index is 573. The van der Waals surface area contributed by atoms with Crippen molar-refractivity contribution in [3.8, 4) is 16.9 Å². The smallest absolute Gasteiger partial charge is 0.120 e.